The first kappa shape index (κ1) is 16.7. The monoisotopic (exact) mass is 340 g/mol. The van der Waals surface area contributed by atoms with E-state index in [-0.39, 0.29) is 18.4 Å². The molecule has 0 radical (unpaired) electrons. The summed E-state index contributed by atoms with van der Waals surface area (Å²) in [5.74, 6) is -1.72. The van der Waals surface area contributed by atoms with Gasteiger partial charge >= 0.3 is 16.2 Å². The molecular formula is C9H9F5O4S2. The molecule has 1 aromatic carbocycles. The summed E-state index contributed by atoms with van der Waals surface area (Å²) < 4.78 is 86.7. The molecule has 0 unspecified atom stereocenters. The van der Waals surface area contributed by atoms with Crippen molar-refractivity contribution in [3.63, 3.8) is 0 Å². The second kappa shape index (κ2) is 3.64. The lowest BCUT2D eigenvalue weighted by molar-refractivity contribution is 0.0695. The van der Waals surface area contributed by atoms with Crippen molar-refractivity contribution >= 4 is 26.0 Å². The zero-order valence-electron chi connectivity index (χ0n) is 10.0. The van der Waals surface area contributed by atoms with Gasteiger partial charge in [0.15, 0.2) is 9.84 Å². The number of carboxylic acid groups (broad SMARTS) is 1. The fraction of sp³-hybridized carbons (Fsp3) is 0.222. The van der Waals surface area contributed by atoms with E-state index in [2.05, 4.69) is 0 Å². The Morgan fingerprint density at radius 1 is 1.15 bits per heavy atom. The first-order valence-corrected chi connectivity index (χ1v) is 8.60. The van der Waals surface area contributed by atoms with Gasteiger partial charge < -0.3 is 5.11 Å². The average molecular weight is 340 g/mol. The highest BCUT2D eigenvalue weighted by Crippen LogP contribution is 3.02. The minimum Gasteiger partial charge on any atom is -0.478 e. The Bertz CT molecular complexity index is 706. The first-order valence-electron chi connectivity index (χ1n) is 4.75. The zero-order chi connectivity index (χ0) is 16.2. The number of hydrogen-bond donors (Lipinski definition) is 1. The maximum atomic E-state index is 12.8. The van der Waals surface area contributed by atoms with Gasteiger partial charge in [0.25, 0.3) is 0 Å². The molecule has 0 aliphatic carbocycles. The summed E-state index contributed by atoms with van der Waals surface area (Å²) >= 11 is 0. The zero-order valence-corrected chi connectivity index (χ0v) is 11.7. The van der Waals surface area contributed by atoms with Crippen LogP contribution in [0.3, 0.4) is 0 Å². The summed E-state index contributed by atoms with van der Waals surface area (Å²) in [7, 11) is -15.0. The van der Waals surface area contributed by atoms with E-state index in [1.807, 2.05) is 0 Å². The van der Waals surface area contributed by atoms with Crippen molar-refractivity contribution in [2.24, 2.45) is 0 Å². The number of aryl methyl sites for hydroxylation is 1. The molecule has 0 saturated heterocycles. The molecule has 0 aromatic heterocycles. The third kappa shape index (κ3) is 3.39. The number of benzene rings is 1. The van der Waals surface area contributed by atoms with E-state index in [9.17, 15) is 32.6 Å². The number of halogens is 5. The summed E-state index contributed by atoms with van der Waals surface area (Å²) in [6.45, 7) is 0.864. The van der Waals surface area contributed by atoms with Gasteiger partial charge in [-0.2, -0.15) is 0 Å². The van der Waals surface area contributed by atoms with Crippen molar-refractivity contribution in [1.82, 2.24) is 0 Å². The number of hydrogen-bond acceptors (Lipinski definition) is 3. The third-order valence-corrected chi connectivity index (χ3v) is 4.77. The second-order valence-corrected chi connectivity index (χ2v) is 8.52. The highest BCUT2D eigenvalue weighted by atomic mass is 32.5. The van der Waals surface area contributed by atoms with E-state index in [0.29, 0.717) is 0 Å². The van der Waals surface area contributed by atoms with Crippen LogP contribution in [0.25, 0.3) is 0 Å². The molecule has 1 rings (SSSR count). The standard InChI is InChI=1S/C9H9F5O4S2/c1-5-3-8(20(10,11,12,13)14)7(19(2,17)18)4-6(5)9(15)16/h3-4H,1-2H3,(H,15,16). The molecule has 0 saturated carbocycles. The quantitative estimate of drug-likeness (QED) is 0.851. The number of aromatic carboxylic acids is 1. The van der Waals surface area contributed by atoms with Crippen LogP contribution < -0.4 is 0 Å². The first-order chi connectivity index (χ1) is 8.43. The Morgan fingerprint density at radius 2 is 1.60 bits per heavy atom. The smallest absolute Gasteiger partial charge is 0.335 e. The van der Waals surface area contributed by atoms with Gasteiger partial charge in [-0.15, -0.1) is 0 Å². The fourth-order valence-corrected chi connectivity index (χ4v) is 4.00. The van der Waals surface area contributed by atoms with Gasteiger partial charge in [0.05, 0.1) is 10.5 Å². The van der Waals surface area contributed by atoms with Crippen molar-refractivity contribution in [2.45, 2.75) is 16.7 Å². The van der Waals surface area contributed by atoms with Crippen molar-refractivity contribution < 1.29 is 37.7 Å². The molecule has 0 atom stereocenters. The number of sulfone groups is 1. The van der Waals surface area contributed by atoms with Crippen LogP contribution in [-0.4, -0.2) is 25.7 Å². The van der Waals surface area contributed by atoms with Crippen molar-refractivity contribution in [3.8, 4) is 0 Å². The lowest BCUT2D eigenvalue weighted by Crippen LogP contribution is -2.15. The van der Waals surface area contributed by atoms with E-state index in [0.717, 1.165) is 6.92 Å². The Morgan fingerprint density at radius 3 is 1.90 bits per heavy atom. The molecule has 0 fully saturated rings. The summed E-state index contributed by atoms with van der Waals surface area (Å²) in [6, 6.07) is -0.0539. The topological polar surface area (TPSA) is 71.4 Å². The van der Waals surface area contributed by atoms with E-state index < -0.39 is 46.9 Å². The fourth-order valence-electron chi connectivity index (χ4n) is 1.48. The SMILES string of the molecule is Cc1cc(S(F)(F)(F)(F)F)c(S(C)(=O)=O)cc1C(=O)O. The van der Waals surface area contributed by atoms with Crippen LogP contribution in [-0.2, 0) is 9.84 Å². The maximum absolute atomic E-state index is 12.8. The van der Waals surface area contributed by atoms with Gasteiger partial charge in [-0.3, -0.25) is 0 Å². The van der Waals surface area contributed by atoms with Gasteiger partial charge in [-0.1, -0.05) is 19.4 Å². The predicted octanol–water partition coefficient (Wildman–Crippen LogP) is 3.75. The summed E-state index contributed by atoms with van der Waals surface area (Å²) in [5, 5.41) is 8.72. The molecule has 0 bridgehead atoms. The molecular weight excluding hydrogens is 331 g/mol. The Balaban J connectivity index is 4.00. The van der Waals surface area contributed by atoms with Crippen molar-refractivity contribution in [3.05, 3.63) is 23.3 Å². The minimum absolute atomic E-state index is 0.0975. The normalized spacial score (nSPS) is 16.4. The molecule has 0 aliphatic heterocycles. The van der Waals surface area contributed by atoms with Crippen LogP contribution in [0.4, 0.5) is 19.4 Å². The van der Waals surface area contributed by atoms with E-state index in [1.54, 1.807) is 0 Å². The molecule has 0 aliphatic rings. The molecule has 0 amide bonds. The molecule has 1 N–H and O–H groups in total. The highest BCUT2D eigenvalue weighted by Gasteiger charge is 2.67. The summed E-state index contributed by atoms with van der Waals surface area (Å²) in [4.78, 5) is 6.42. The van der Waals surface area contributed by atoms with Gasteiger partial charge in [0, 0.05) is 6.26 Å². The second-order valence-electron chi connectivity index (χ2n) is 4.16. The minimum atomic E-state index is -10.3. The third-order valence-electron chi connectivity index (χ3n) is 2.34. The van der Waals surface area contributed by atoms with Crippen LogP contribution in [0.5, 0.6) is 0 Å². The van der Waals surface area contributed by atoms with Gasteiger partial charge in [-0.05, 0) is 24.6 Å². The summed E-state index contributed by atoms with van der Waals surface area (Å²) in [6.07, 6.45) is 0.288. The molecule has 20 heavy (non-hydrogen) atoms. The molecule has 4 nitrogen and oxygen atoms in total. The Labute approximate surface area is 110 Å². The van der Waals surface area contributed by atoms with E-state index in [4.69, 9.17) is 5.11 Å². The predicted molar refractivity (Wildman–Crippen MR) is 62.6 cm³/mol. The van der Waals surface area contributed by atoms with Gasteiger partial charge in [0.1, 0.15) is 4.90 Å². The molecule has 116 valence electrons. The van der Waals surface area contributed by atoms with Crippen LogP contribution >= 0.6 is 10.2 Å². The number of rotatable bonds is 3. The largest absolute Gasteiger partial charge is 0.478 e. The van der Waals surface area contributed by atoms with Crippen LogP contribution in [0.15, 0.2) is 21.9 Å². The number of carboxylic acids is 1. The van der Waals surface area contributed by atoms with Crippen LogP contribution in [0.1, 0.15) is 15.9 Å². The molecule has 0 heterocycles. The lowest BCUT2D eigenvalue weighted by atomic mass is 10.1. The van der Waals surface area contributed by atoms with Crippen LogP contribution in [0, 0.1) is 6.92 Å². The molecule has 0 spiro atoms. The van der Waals surface area contributed by atoms with E-state index in [1.165, 1.54) is 0 Å². The van der Waals surface area contributed by atoms with Crippen molar-refractivity contribution in [2.75, 3.05) is 6.26 Å². The Kier molecular flexibility index (Phi) is 3.04. The highest BCUT2D eigenvalue weighted by molar-refractivity contribution is 8.45. The van der Waals surface area contributed by atoms with Gasteiger partial charge in [0.2, 0.25) is 0 Å². The Hall–Kier alpha value is -1.36. The number of carbonyl (C=O) groups is 1. The lowest BCUT2D eigenvalue weighted by Gasteiger charge is -2.41. The average Bonchev–Trinajstić information content (AvgIpc) is 2.10. The van der Waals surface area contributed by atoms with Gasteiger partial charge in [-0.25, -0.2) is 13.2 Å². The van der Waals surface area contributed by atoms with Crippen LogP contribution in [0.2, 0.25) is 0 Å². The molecule has 11 heteroatoms. The van der Waals surface area contributed by atoms with Crippen molar-refractivity contribution in [1.29, 1.82) is 0 Å². The van der Waals surface area contributed by atoms with E-state index >= 15 is 0 Å². The molecule has 1 aromatic rings. The summed E-state index contributed by atoms with van der Waals surface area (Å²) in [5.41, 5.74) is -1.41. The maximum Gasteiger partial charge on any atom is 0.335 e.